The Balaban J connectivity index is 2.08. The average molecular weight is 501 g/mol. The summed E-state index contributed by atoms with van der Waals surface area (Å²) in [7, 11) is -0.214. The van der Waals surface area contributed by atoms with Crippen LogP contribution in [-0.2, 0) is 14.0 Å². The molecule has 4 nitrogen and oxygen atoms in total. The first-order valence-electron chi connectivity index (χ1n) is 14.2. The molecule has 0 aromatic heterocycles. The Labute approximate surface area is 222 Å². The molecule has 0 amide bonds. The van der Waals surface area contributed by atoms with Crippen LogP contribution in [0.3, 0.4) is 0 Å². The van der Waals surface area contributed by atoms with Crippen molar-refractivity contribution in [3.63, 3.8) is 0 Å². The molecule has 0 aliphatic carbocycles. The highest BCUT2D eigenvalue weighted by molar-refractivity contribution is 6.47. The van der Waals surface area contributed by atoms with Crippen LogP contribution >= 0.6 is 0 Å². The van der Waals surface area contributed by atoms with E-state index in [2.05, 4.69) is 102 Å². The Morgan fingerprint density at radius 1 is 0.833 bits per heavy atom. The summed E-state index contributed by atoms with van der Waals surface area (Å²) in [6, 6.07) is 4.41. The molecule has 2 rings (SSSR count). The standard InChI is InChI=1S/C31H53BO4/c1-19(2)24-17-25(20(3)4)27(26(18-24)21(5)6)29(33)34-16-14-15-23(9)28(22(7)8)32-35-30(10,11)31(12,13)36-32/h17-23,28H,14-16H2,1-13H3/t23-,28-/m0/s1. The second-order valence-electron chi connectivity index (χ2n) is 13.2. The number of esters is 1. The first kappa shape index (κ1) is 30.9. The minimum absolute atomic E-state index is 0.184. The number of benzene rings is 1. The molecule has 1 aliphatic heterocycles. The van der Waals surface area contributed by atoms with Crippen molar-refractivity contribution in [1.82, 2.24) is 0 Å². The quantitative estimate of drug-likeness (QED) is 0.173. The van der Waals surface area contributed by atoms with E-state index < -0.39 is 0 Å². The van der Waals surface area contributed by atoms with Gasteiger partial charge < -0.3 is 14.0 Å². The highest BCUT2D eigenvalue weighted by Gasteiger charge is 2.54. The summed E-state index contributed by atoms with van der Waals surface area (Å²) in [6.07, 6.45) is 1.79. The van der Waals surface area contributed by atoms with E-state index in [1.807, 2.05) is 0 Å². The van der Waals surface area contributed by atoms with Gasteiger partial charge >= 0.3 is 13.1 Å². The van der Waals surface area contributed by atoms with E-state index in [1.165, 1.54) is 5.56 Å². The van der Waals surface area contributed by atoms with Crippen LogP contribution in [0, 0.1) is 11.8 Å². The van der Waals surface area contributed by atoms with Crippen molar-refractivity contribution in [2.24, 2.45) is 11.8 Å². The van der Waals surface area contributed by atoms with Crippen LogP contribution in [0.15, 0.2) is 12.1 Å². The highest BCUT2D eigenvalue weighted by Crippen LogP contribution is 2.45. The van der Waals surface area contributed by atoms with Crippen LogP contribution in [-0.4, -0.2) is 30.9 Å². The summed E-state index contributed by atoms with van der Waals surface area (Å²) in [5.41, 5.74) is 3.61. The lowest BCUT2D eigenvalue weighted by Crippen LogP contribution is -2.41. The Bertz CT molecular complexity index is 840. The van der Waals surface area contributed by atoms with E-state index in [9.17, 15) is 4.79 Å². The molecular weight excluding hydrogens is 447 g/mol. The summed E-state index contributed by atoms with van der Waals surface area (Å²) in [6.45, 7) is 28.7. The lowest BCUT2D eigenvalue weighted by atomic mass is 9.59. The molecule has 0 N–H and O–H groups in total. The number of ether oxygens (including phenoxy) is 1. The van der Waals surface area contributed by atoms with Gasteiger partial charge in [0.1, 0.15) is 0 Å². The van der Waals surface area contributed by atoms with Crippen molar-refractivity contribution < 1.29 is 18.8 Å². The fourth-order valence-corrected chi connectivity index (χ4v) is 5.31. The third-order valence-corrected chi connectivity index (χ3v) is 8.39. The molecule has 1 aliphatic rings. The summed E-state index contributed by atoms with van der Waals surface area (Å²) >= 11 is 0. The van der Waals surface area contributed by atoms with Crippen molar-refractivity contribution in [3.8, 4) is 0 Å². The van der Waals surface area contributed by atoms with E-state index in [-0.39, 0.29) is 41.9 Å². The molecule has 5 heteroatoms. The second-order valence-corrected chi connectivity index (χ2v) is 13.2. The monoisotopic (exact) mass is 500 g/mol. The van der Waals surface area contributed by atoms with Gasteiger partial charge in [0.25, 0.3) is 0 Å². The zero-order chi connectivity index (χ0) is 27.6. The summed E-state index contributed by atoms with van der Waals surface area (Å²) in [4.78, 5) is 13.4. The molecule has 0 saturated carbocycles. The number of carbonyl (C=O) groups excluding carboxylic acids is 1. The van der Waals surface area contributed by atoms with Crippen LogP contribution in [0.4, 0.5) is 0 Å². The van der Waals surface area contributed by atoms with Gasteiger partial charge in [-0.25, -0.2) is 4.79 Å². The van der Waals surface area contributed by atoms with Gasteiger partial charge in [0, 0.05) is 0 Å². The second kappa shape index (κ2) is 12.0. The van der Waals surface area contributed by atoms with Gasteiger partial charge in [-0.1, -0.05) is 74.4 Å². The first-order valence-corrected chi connectivity index (χ1v) is 14.2. The summed E-state index contributed by atoms with van der Waals surface area (Å²) in [5, 5.41) is 0. The van der Waals surface area contributed by atoms with Gasteiger partial charge in [0.15, 0.2) is 0 Å². The SMILES string of the molecule is CC(C)c1cc(C(C)C)c(C(=O)OCCC[C@H](C)[C@@H](B2OC(C)(C)C(C)(C)O2)C(C)C)c(C(C)C)c1. The fourth-order valence-electron chi connectivity index (χ4n) is 5.31. The third kappa shape index (κ3) is 6.95. The van der Waals surface area contributed by atoms with E-state index in [4.69, 9.17) is 14.0 Å². The first-order chi connectivity index (χ1) is 16.5. The largest absolute Gasteiger partial charge is 0.462 e. The molecule has 1 fully saturated rings. The van der Waals surface area contributed by atoms with Crippen molar-refractivity contribution in [2.75, 3.05) is 6.61 Å². The maximum atomic E-state index is 13.4. The molecule has 1 saturated heterocycles. The minimum atomic E-state index is -0.326. The molecule has 0 unspecified atom stereocenters. The molecule has 1 aromatic rings. The van der Waals surface area contributed by atoms with E-state index >= 15 is 0 Å². The van der Waals surface area contributed by atoms with Crippen molar-refractivity contribution >= 4 is 13.1 Å². The van der Waals surface area contributed by atoms with Gasteiger partial charge in [0.05, 0.1) is 23.4 Å². The van der Waals surface area contributed by atoms with Crippen molar-refractivity contribution in [2.45, 2.75) is 138 Å². The van der Waals surface area contributed by atoms with Gasteiger partial charge in [0.2, 0.25) is 0 Å². The number of carbonyl (C=O) groups is 1. The molecule has 204 valence electrons. The van der Waals surface area contributed by atoms with Crippen molar-refractivity contribution in [1.29, 1.82) is 0 Å². The predicted octanol–water partition coefficient (Wildman–Crippen LogP) is 8.75. The molecule has 1 heterocycles. The van der Waals surface area contributed by atoms with E-state index in [0.717, 1.165) is 29.5 Å². The average Bonchev–Trinajstić information content (AvgIpc) is 2.95. The Hall–Kier alpha value is -1.33. The van der Waals surface area contributed by atoms with Gasteiger partial charge in [-0.2, -0.15) is 0 Å². The molecular formula is C31H53BO4. The van der Waals surface area contributed by atoms with Gasteiger partial charge in [-0.15, -0.1) is 0 Å². The number of hydrogen-bond donors (Lipinski definition) is 0. The van der Waals surface area contributed by atoms with Crippen LogP contribution in [0.25, 0.3) is 0 Å². The van der Waals surface area contributed by atoms with E-state index in [0.29, 0.717) is 24.4 Å². The smallest absolute Gasteiger partial charge is 0.461 e. The summed E-state index contributed by atoms with van der Waals surface area (Å²) in [5.74, 6) is 1.86. The van der Waals surface area contributed by atoms with Crippen LogP contribution in [0.5, 0.6) is 0 Å². The van der Waals surface area contributed by atoms with Gasteiger partial charge in [-0.05, 0) is 92.6 Å². The lowest BCUT2D eigenvalue weighted by Gasteiger charge is -2.32. The molecule has 0 radical (unpaired) electrons. The van der Waals surface area contributed by atoms with Crippen LogP contribution in [0.1, 0.15) is 148 Å². The lowest BCUT2D eigenvalue weighted by molar-refractivity contribution is 0.00578. The number of hydrogen-bond acceptors (Lipinski definition) is 4. The van der Waals surface area contributed by atoms with Gasteiger partial charge in [-0.3, -0.25) is 0 Å². The summed E-state index contributed by atoms with van der Waals surface area (Å²) < 4.78 is 18.7. The molecule has 2 atom stereocenters. The zero-order valence-corrected chi connectivity index (χ0v) is 25.5. The Morgan fingerprint density at radius 2 is 1.31 bits per heavy atom. The zero-order valence-electron chi connectivity index (χ0n) is 25.5. The van der Waals surface area contributed by atoms with Crippen LogP contribution < -0.4 is 0 Å². The number of rotatable bonds is 11. The predicted molar refractivity (Wildman–Crippen MR) is 152 cm³/mol. The molecule has 0 spiro atoms. The fraction of sp³-hybridized carbons (Fsp3) is 0.774. The Kier molecular flexibility index (Phi) is 10.3. The molecule has 0 bridgehead atoms. The third-order valence-electron chi connectivity index (χ3n) is 8.39. The normalized spacial score (nSPS) is 19.0. The van der Waals surface area contributed by atoms with E-state index in [1.54, 1.807) is 0 Å². The Morgan fingerprint density at radius 3 is 1.69 bits per heavy atom. The minimum Gasteiger partial charge on any atom is -0.462 e. The maximum absolute atomic E-state index is 13.4. The topological polar surface area (TPSA) is 44.8 Å². The molecule has 1 aromatic carbocycles. The highest BCUT2D eigenvalue weighted by atomic mass is 16.7. The molecule has 36 heavy (non-hydrogen) atoms. The van der Waals surface area contributed by atoms with Crippen molar-refractivity contribution in [3.05, 3.63) is 34.4 Å². The maximum Gasteiger partial charge on any atom is 0.461 e. The van der Waals surface area contributed by atoms with Crippen LogP contribution in [0.2, 0.25) is 5.82 Å².